The van der Waals surface area contributed by atoms with Crippen LogP contribution in [0.2, 0.25) is 0 Å². The summed E-state index contributed by atoms with van der Waals surface area (Å²) in [5.74, 6) is 3.81. The SMILES string of the molecule is CCN(CC)CCCCCCCCCCC[C@@H]1Cc2ccccc2[C@H]2CC[C@]3(C)CCC[C@H]3[C@H]12. The predicted octanol–water partition coefficient (Wildman–Crippen LogP) is 9.40. The van der Waals surface area contributed by atoms with Gasteiger partial charge in [0.2, 0.25) is 0 Å². The van der Waals surface area contributed by atoms with Crippen molar-refractivity contribution in [3.8, 4) is 0 Å². The van der Waals surface area contributed by atoms with Crippen LogP contribution in [0.5, 0.6) is 0 Å². The van der Waals surface area contributed by atoms with Crippen molar-refractivity contribution in [1.82, 2.24) is 4.90 Å². The second-order valence-electron chi connectivity index (χ2n) is 12.5. The Morgan fingerprint density at radius 2 is 1.50 bits per heavy atom. The molecule has 0 aliphatic heterocycles. The Kier molecular flexibility index (Phi) is 9.99. The second kappa shape index (κ2) is 12.9. The Morgan fingerprint density at radius 3 is 2.24 bits per heavy atom. The van der Waals surface area contributed by atoms with E-state index in [4.69, 9.17) is 0 Å². The van der Waals surface area contributed by atoms with Crippen LogP contribution in [0.4, 0.5) is 0 Å². The van der Waals surface area contributed by atoms with E-state index in [9.17, 15) is 0 Å². The van der Waals surface area contributed by atoms with Gasteiger partial charge in [0, 0.05) is 0 Å². The van der Waals surface area contributed by atoms with Crippen LogP contribution in [0.15, 0.2) is 24.3 Å². The maximum Gasteiger partial charge on any atom is -0.00190 e. The molecule has 1 aromatic carbocycles. The molecule has 0 bridgehead atoms. The molecule has 34 heavy (non-hydrogen) atoms. The highest BCUT2D eigenvalue weighted by atomic mass is 15.1. The summed E-state index contributed by atoms with van der Waals surface area (Å²) in [5, 5.41) is 0. The normalized spacial score (nSPS) is 30.2. The van der Waals surface area contributed by atoms with Gasteiger partial charge in [-0.2, -0.15) is 0 Å². The summed E-state index contributed by atoms with van der Waals surface area (Å²) in [6.45, 7) is 11.0. The van der Waals surface area contributed by atoms with E-state index in [1.165, 1.54) is 122 Å². The first-order valence-corrected chi connectivity index (χ1v) is 15.5. The summed E-state index contributed by atoms with van der Waals surface area (Å²) >= 11 is 0. The largest absolute Gasteiger partial charge is 0.304 e. The molecule has 0 spiro atoms. The molecule has 0 saturated heterocycles. The van der Waals surface area contributed by atoms with Gasteiger partial charge in [-0.3, -0.25) is 0 Å². The first-order valence-electron chi connectivity index (χ1n) is 15.5. The molecule has 0 heterocycles. The van der Waals surface area contributed by atoms with Crippen molar-refractivity contribution in [1.29, 1.82) is 0 Å². The molecule has 3 aliphatic rings. The first-order chi connectivity index (χ1) is 16.7. The van der Waals surface area contributed by atoms with Crippen molar-refractivity contribution >= 4 is 0 Å². The third kappa shape index (κ3) is 6.29. The van der Waals surface area contributed by atoms with E-state index in [2.05, 4.69) is 49.9 Å². The molecule has 192 valence electrons. The zero-order valence-corrected chi connectivity index (χ0v) is 23.0. The summed E-state index contributed by atoms with van der Waals surface area (Å²) in [6.07, 6.45) is 23.4. The van der Waals surface area contributed by atoms with Crippen LogP contribution in [0.1, 0.15) is 134 Å². The van der Waals surface area contributed by atoms with Crippen LogP contribution in [0, 0.1) is 23.2 Å². The van der Waals surface area contributed by atoms with Gasteiger partial charge in [0.05, 0.1) is 0 Å². The fraction of sp³-hybridized carbons (Fsp3) is 0.818. The summed E-state index contributed by atoms with van der Waals surface area (Å²) < 4.78 is 0. The van der Waals surface area contributed by atoms with Gasteiger partial charge in [0.25, 0.3) is 0 Å². The molecule has 3 aliphatic carbocycles. The molecule has 1 nitrogen and oxygen atoms in total. The summed E-state index contributed by atoms with van der Waals surface area (Å²) in [7, 11) is 0. The molecule has 0 radical (unpaired) electrons. The van der Waals surface area contributed by atoms with Gasteiger partial charge in [-0.15, -0.1) is 0 Å². The van der Waals surface area contributed by atoms with Gasteiger partial charge < -0.3 is 4.90 Å². The van der Waals surface area contributed by atoms with Crippen LogP contribution in [0.25, 0.3) is 0 Å². The van der Waals surface area contributed by atoms with Gasteiger partial charge in [0.15, 0.2) is 0 Å². The van der Waals surface area contributed by atoms with Crippen LogP contribution in [-0.4, -0.2) is 24.5 Å². The maximum atomic E-state index is 2.65. The van der Waals surface area contributed by atoms with Crippen LogP contribution >= 0.6 is 0 Å². The quantitative estimate of drug-likeness (QED) is 0.247. The number of hydrogen-bond donors (Lipinski definition) is 0. The molecule has 4 rings (SSSR count). The zero-order chi connectivity index (χ0) is 23.8. The zero-order valence-electron chi connectivity index (χ0n) is 23.0. The van der Waals surface area contributed by atoms with Crippen LogP contribution < -0.4 is 0 Å². The minimum absolute atomic E-state index is 0.664. The highest BCUT2D eigenvalue weighted by Crippen LogP contribution is 2.62. The van der Waals surface area contributed by atoms with Gasteiger partial charge in [-0.05, 0) is 105 Å². The number of nitrogens with zero attached hydrogens (tertiary/aromatic N) is 1. The minimum Gasteiger partial charge on any atom is -0.304 e. The number of hydrogen-bond acceptors (Lipinski definition) is 1. The van der Waals surface area contributed by atoms with Crippen molar-refractivity contribution in [2.75, 3.05) is 19.6 Å². The third-order valence-corrected chi connectivity index (χ3v) is 10.5. The fourth-order valence-electron chi connectivity index (χ4n) is 8.52. The number of rotatable bonds is 14. The summed E-state index contributed by atoms with van der Waals surface area (Å²) in [6, 6.07) is 9.56. The van der Waals surface area contributed by atoms with E-state index in [0.717, 1.165) is 23.7 Å². The fourth-order valence-corrected chi connectivity index (χ4v) is 8.52. The van der Waals surface area contributed by atoms with Crippen molar-refractivity contribution in [2.45, 2.75) is 129 Å². The lowest BCUT2D eigenvalue weighted by molar-refractivity contribution is 0.0225. The summed E-state index contributed by atoms with van der Waals surface area (Å²) in [5.41, 5.74) is 4.11. The molecule has 0 N–H and O–H groups in total. The molecule has 1 heteroatoms. The lowest BCUT2D eigenvalue weighted by Crippen LogP contribution is -2.44. The van der Waals surface area contributed by atoms with Crippen molar-refractivity contribution in [2.24, 2.45) is 23.2 Å². The molecule has 0 unspecified atom stereocenters. The monoisotopic (exact) mass is 465 g/mol. The molecule has 2 fully saturated rings. The Morgan fingerprint density at radius 1 is 0.824 bits per heavy atom. The third-order valence-electron chi connectivity index (χ3n) is 10.5. The highest BCUT2D eigenvalue weighted by molar-refractivity contribution is 5.35. The molecular formula is C33H55N. The Hall–Kier alpha value is -0.820. The standard InChI is InChI=1S/C33H55N/c1-4-34(5-2)25-16-12-10-8-6-7-9-11-13-19-28-26-27-18-14-15-20-29(27)30-22-24-33(3)23-17-21-31(33)32(28)30/h14-15,18,20,28,30-32H,4-13,16-17,19,21-26H2,1-3H3/t28-,30-,31+,32-,33+/m1/s1. The van der Waals surface area contributed by atoms with Gasteiger partial charge >= 0.3 is 0 Å². The van der Waals surface area contributed by atoms with Crippen molar-refractivity contribution in [3.05, 3.63) is 35.4 Å². The maximum absolute atomic E-state index is 2.65. The van der Waals surface area contributed by atoms with E-state index in [-0.39, 0.29) is 0 Å². The Balaban J connectivity index is 1.17. The Labute approximate surface area is 212 Å². The second-order valence-corrected chi connectivity index (χ2v) is 12.5. The topological polar surface area (TPSA) is 3.24 Å². The summed E-state index contributed by atoms with van der Waals surface area (Å²) in [4.78, 5) is 2.56. The van der Waals surface area contributed by atoms with Crippen molar-refractivity contribution in [3.63, 3.8) is 0 Å². The average molecular weight is 466 g/mol. The van der Waals surface area contributed by atoms with Gasteiger partial charge in [-0.25, -0.2) is 0 Å². The van der Waals surface area contributed by atoms with E-state index < -0.39 is 0 Å². The number of fused-ring (bicyclic) bond motifs is 5. The van der Waals surface area contributed by atoms with E-state index >= 15 is 0 Å². The van der Waals surface area contributed by atoms with Crippen LogP contribution in [0.3, 0.4) is 0 Å². The minimum atomic E-state index is 0.664. The molecule has 0 aromatic heterocycles. The number of unbranched alkanes of at least 4 members (excludes halogenated alkanes) is 8. The molecule has 0 amide bonds. The molecule has 5 atom stereocenters. The predicted molar refractivity (Wildman–Crippen MR) is 149 cm³/mol. The smallest absolute Gasteiger partial charge is 0.00190 e. The van der Waals surface area contributed by atoms with Gasteiger partial charge in [-0.1, -0.05) is 103 Å². The highest BCUT2D eigenvalue weighted by Gasteiger charge is 2.52. The lowest BCUT2D eigenvalue weighted by atomic mass is 9.52. The Bertz CT molecular complexity index is 721. The van der Waals surface area contributed by atoms with Gasteiger partial charge in [0.1, 0.15) is 0 Å². The van der Waals surface area contributed by atoms with Crippen LogP contribution in [-0.2, 0) is 6.42 Å². The lowest BCUT2D eigenvalue weighted by Gasteiger charge is -2.52. The molecule has 2 saturated carbocycles. The average Bonchev–Trinajstić information content (AvgIpc) is 3.26. The van der Waals surface area contributed by atoms with E-state index in [1.807, 2.05) is 0 Å². The first kappa shape index (κ1) is 26.2. The van der Waals surface area contributed by atoms with Crippen molar-refractivity contribution < 1.29 is 0 Å². The molecule has 1 aromatic rings. The number of benzene rings is 1. The van der Waals surface area contributed by atoms with E-state index in [1.54, 1.807) is 11.1 Å². The van der Waals surface area contributed by atoms with E-state index in [0.29, 0.717) is 5.41 Å². The molecular weight excluding hydrogens is 410 g/mol.